The molecule has 1 aromatic rings. The van der Waals surface area contributed by atoms with Gasteiger partial charge in [0.15, 0.2) is 0 Å². The summed E-state index contributed by atoms with van der Waals surface area (Å²) in [5.74, 6) is 0. The van der Waals surface area contributed by atoms with Gasteiger partial charge in [0.05, 0.1) is 5.69 Å². The van der Waals surface area contributed by atoms with E-state index in [1.165, 1.54) is 4.88 Å². The van der Waals surface area contributed by atoms with Crippen molar-refractivity contribution in [1.82, 2.24) is 9.88 Å². The fourth-order valence-electron chi connectivity index (χ4n) is 1.39. The lowest BCUT2D eigenvalue weighted by atomic mass is 10.0. The third-order valence-electron chi connectivity index (χ3n) is 1.88. The minimum Gasteiger partial charge on any atom is -0.321 e. The van der Waals surface area contributed by atoms with Crippen LogP contribution in [-0.4, -0.2) is 24.0 Å². The summed E-state index contributed by atoms with van der Waals surface area (Å²) in [6.07, 6.45) is 0. The lowest BCUT2D eigenvalue weighted by Gasteiger charge is -2.16. The van der Waals surface area contributed by atoms with Crippen LogP contribution in [0, 0.1) is 6.92 Å². The molecular formula is C10H19N3S. The molecule has 0 radical (unpaired) electrons. The van der Waals surface area contributed by atoms with Crippen molar-refractivity contribution in [3.63, 3.8) is 0 Å². The summed E-state index contributed by atoms with van der Waals surface area (Å²) in [6.45, 7) is 6.96. The fourth-order valence-corrected chi connectivity index (χ4v) is 2.59. The molecule has 2 N–H and O–H groups in total. The number of thiazole rings is 1. The highest BCUT2D eigenvalue weighted by atomic mass is 32.1. The van der Waals surface area contributed by atoms with Crippen LogP contribution in [0.1, 0.15) is 29.4 Å². The fraction of sp³-hybridized carbons (Fsp3) is 0.700. The molecule has 0 aromatic carbocycles. The van der Waals surface area contributed by atoms with Crippen LogP contribution in [0.15, 0.2) is 0 Å². The largest absolute Gasteiger partial charge is 0.321 e. The summed E-state index contributed by atoms with van der Waals surface area (Å²) in [4.78, 5) is 7.82. The second-order valence-corrected chi connectivity index (χ2v) is 5.57. The molecule has 1 heterocycles. The summed E-state index contributed by atoms with van der Waals surface area (Å²) < 4.78 is 0. The molecule has 0 aliphatic heterocycles. The smallest absolute Gasteiger partial charge is 0.107 e. The zero-order chi connectivity index (χ0) is 10.9. The van der Waals surface area contributed by atoms with E-state index in [1.807, 2.05) is 34.9 Å². The standard InChI is InChI=1S/C10H19N3S/c1-7-9(10(2,3)11)14-8(12-7)6-13(4)5/h6,11H2,1-5H3. The molecule has 0 bridgehead atoms. The van der Waals surface area contributed by atoms with Gasteiger partial charge >= 0.3 is 0 Å². The zero-order valence-corrected chi connectivity index (χ0v) is 10.4. The van der Waals surface area contributed by atoms with E-state index in [9.17, 15) is 0 Å². The molecule has 0 spiro atoms. The average Bonchev–Trinajstić information content (AvgIpc) is 2.27. The van der Waals surface area contributed by atoms with Crippen LogP contribution in [-0.2, 0) is 12.1 Å². The molecule has 0 amide bonds. The van der Waals surface area contributed by atoms with Crippen molar-refractivity contribution < 1.29 is 0 Å². The molecule has 0 atom stereocenters. The summed E-state index contributed by atoms with van der Waals surface area (Å²) in [6, 6.07) is 0. The van der Waals surface area contributed by atoms with Crippen molar-refractivity contribution in [3.8, 4) is 0 Å². The average molecular weight is 213 g/mol. The molecule has 0 aliphatic rings. The van der Waals surface area contributed by atoms with Gasteiger partial charge in [-0.3, -0.25) is 0 Å². The van der Waals surface area contributed by atoms with Crippen molar-refractivity contribution in [2.24, 2.45) is 5.73 Å². The van der Waals surface area contributed by atoms with Gasteiger partial charge in [-0.1, -0.05) is 0 Å². The molecule has 0 saturated carbocycles. The van der Waals surface area contributed by atoms with E-state index in [4.69, 9.17) is 5.73 Å². The molecule has 0 unspecified atom stereocenters. The number of hydrogen-bond donors (Lipinski definition) is 1. The van der Waals surface area contributed by atoms with Crippen LogP contribution < -0.4 is 5.73 Å². The first kappa shape index (κ1) is 11.6. The van der Waals surface area contributed by atoms with Gasteiger partial charge in [-0.2, -0.15) is 0 Å². The molecule has 0 saturated heterocycles. The molecule has 4 heteroatoms. The van der Waals surface area contributed by atoms with E-state index in [0.717, 1.165) is 17.2 Å². The maximum atomic E-state index is 6.06. The lowest BCUT2D eigenvalue weighted by Crippen LogP contribution is -2.28. The van der Waals surface area contributed by atoms with Crippen molar-refractivity contribution in [2.45, 2.75) is 32.9 Å². The molecule has 3 nitrogen and oxygen atoms in total. The highest BCUT2D eigenvalue weighted by molar-refractivity contribution is 7.11. The minimum absolute atomic E-state index is 0.272. The van der Waals surface area contributed by atoms with Gasteiger partial charge in [0, 0.05) is 17.0 Å². The Morgan fingerprint density at radius 3 is 2.36 bits per heavy atom. The normalized spacial score (nSPS) is 12.5. The number of aromatic nitrogens is 1. The zero-order valence-electron chi connectivity index (χ0n) is 9.59. The van der Waals surface area contributed by atoms with Crippen molar-refractivity contribution in [1.29, 1.82) is 0 Å². The maximum Gasteiger partial charge on any atom is 0.107 e. The van der Waals surface area contributed by atoms with Gasteiger partial charge in [0.1, 0.15) is 5.01 Å². The summed E-state index contributed by atoms with van der Waals surface area (Å²) in [5.41, 5.74) is 6.86. The number of nitrogens with zero attached hydrogens (tertiary/aromatic N) is 2. The van der Waals surface area contributed by atoms with E-state index in [0.29, 0.717) is 0 Å². The maximum absolute atomic E-state index is 6.06. The third-order valence-corrected chi connectivity index (χ3v) is 3.36. The van der Waals surface area contributed by atoms with Crippen molar-refractivity contribution in [2.75, 3.05) is 14.1 Å². The predicted octanol–water partition coefficient (Wildman–Crippen LogP) is 1.71. The summed E-state index contributed by atoms with van der Waals surface area (Å²) >= 11 is 1.72. The molecule has 14 heavy (non-hydrogen) atoms. The Morgan fingerprint density at radius 1 is 1.43 bits per heavy atom. The lowest BCUT2D eigenvalue weighted by molar-refractivity contribution is 0.401. The minimum atomic E-state index is -0.272. The van der Waals surface area contributed by atoms with Gasteiger partial charge < -0.3 is 10.6 Å². The van der Waals surface area contributed by atoms with Gasteiger partial charge in [0.2, 0.25) is 0 Å². The Balaban J connectivity index is 2.94. The van der Waals surface area contributed by atoms with E-state index in [2.05, 4.69) is 9.88 Å². The van der Waals surface area contributed by atoms with Crippen molar-refractivity contribution in [3.05, 3.63) is 15.6 Å². The SMILES string of the molecule is Cc1nc(CN(C)C)sc1C(C)(C)N. The summed E-state index contributed by atoms with van der Waals surface area (Å²) in [5, 5.41) is 1.14. The molecule has 1 aromatic heterocycles. The first-order valence-corrected chi connectivity index (χ1v) is 5.52. The van der Waals surface area contributed by atoms with Crippen LogP contribution in [0.2, 0.25) is 0 Å². The highest BCUT2D eigenvalue weighted by Gasteiger charge is 2.21. The number of aryl methyl sites for hydroxylation is 1. The third kappa shape index (κ3) is 2.77. The molecule has 0 aliphatic carbocycles. The Bertz CT molecular complexity index is 310. The van der Waals surface area contributed by atoms with Crippen LogP contribution >= 0.6 is 11.3 Å². The van der Waals surface area contributed by atoms with Gasteiger partial charge in [-0.25, -0.2) is 4.98 Å². The van der Waals surface area contributed by atoms with Crippen molar-refractivity contribution >= 4 is 11.3 Å². The van der Waals surface area contributed by atoms with Crippen LogP contribution in [0.5, 0.6) is 0 Å². The topological polar surface area (TPSA) is 42.2 Å². The second-order valence-electron chi connectivity index (χ2n) is 4.48. The molecule has 80 valence electrons. The predicted molar refractivity (Wildman–Crippen MR) is 61.5 cm³/mol. The number of hydrogen-bond acceptors (Lipinski definition) is 4. The van der Waals surface area contributed by atoms with E-state index in [1.54, 1.807) is 11.3 Å². The van der Waals surface area contributed by atoms with Gasteiger partial charge in [-0.05, 0) is 34.9 Å². The quantitative estimate of drug-likeness (QED) is 0.831. The first-order chi connectivity index (χ1) is 6.30. The Kier molecular flexibility index (Phi) is 3.29. The second kappa shape index (κ2) is 3.96. The molecule has 0 fully saturated rings. The highest BCUT2D eigenvalue weighted by Crippen LogP contribution is 2.27. The van der Waals surface area contributed by atoms with E-state index in [-0.39, 0.29) is 5.54 Å². The summed E-state index contributed by atoms with van der Waals surface area (Å²) in [7, 11) is 4.09. The molecule has 1 rings (SSSR count). The molecular weight excluding hydrogens is 194 g/mol. The van der Waals surface area contributed by atoms with Crippen LogP contribution in [0.25, 0.3) is 0 Å². The van der Waals surface area contributed by atoms with Crippen LogP contribution in [0.4, 0.5) is 0 Å². The number of nitrogens with two attached hydrogens (primary N) is 1. The first-order valence-electron chi connectivity index (χ1n) is 4.71. The van der Waals surface area contributed by atoms with Gasteiger partial charge in [0.25, 0.3) is 0 Å². The van der Waals surface area contributed by atoms with E-state index >= 15 is 0 Å². The van der Waals surface area contributed by atoms with Gasteiger partial charge in [-0.15, -0.1) is 11.3 Å². The number of rotatable bonds is 3. The van der Waals surface area contributed by atoms with Crippen LogP contribution in [0.3, 0.4) is 0 Å². The Hall–Kier alpha value is -0.450. The monoisotopic (exact) mass is 213 g/mol. The Labute approximate surface area is 89.9 Å². The van der Waals surface area contributed by atoms with E-state index < -0.39 is 0 Å². The Morgan fingerprint density at radius 2 is 2.00 bits per heavy atom.